The molecule has 112 valence electrons. The minimum atomic E-state index is -4.46. The van der Waals surface area contributed by atoms with Gasteiger partial charge < -0.3 is 4.74 Å². The van der Waals surface area contributed by atoms with Gasteiger partial charge in [-0.1, -0.05) is 29.5 Å². The molecule has 1 aromatic heterocycles. The maximum Gasteiger partial charge on any atom is 0.435 e. The SMILES string of the molecule is COc1ccc(C)cc1CSc1ccc(C(F)(F)F)nn1. The number of methoxy groups -OCH3 is 1. The summed E-state index contributed by atoms with van der Waals surface area (Å²) in [5.74, 6) is 1.29. The van der Waals surface area contributed by atoms with Crippen LogP contribution in [0.2, 0.25) is 0 Å². The first-order chi connectivity index (χ1) is 9.90. The number of aryl methyl sites for hydroxylation is 1. The summed E-state index contributed by atoms with van der Waals surface area (Å²) < 4.78 is 42.4. The average molecular weight is 314 g/mol. The zero-order valence-electron chi connectivity index (χ0n) is 11.4. The third kappa shape index (κ3) is 4.10. The van der Waals surface area contributed by atoms with Crippen molar-refractivity contribution in [2.45, 2.75) is 23.9 Å². The molecule has 7 heteroatoms. The fraction of sp³-hybridized carbons (Fsp3) is 0.286. The van der Waals surface area contributed by atoms with Crippen LogP contribution in [0.4, 0.5) is 13.2 Å². The summed E-state index contributed by atoms with van der Waals surface area (Å²) in [7, 11) is 1.58. The number of ether oxygens (including phenoxy) is 1. The quantitative estimate of drug-likeness (QED) is 0.796. The standard InChI is InChI=1S/C14H13F3N2OS/c1-9-3-4-11(20-2)10(7-9)8-21-13-6-5-12(18-19-13)14(15,16)17/h3-7H,8H2,1-2H3. The van der Waals surface area contributed by atoms with Crippen molar-refractivity contribution in [3.8, 4) is 5.75 Å². The molecule has 0 aliphatic carbocycles. The minimum absolute atomic E-state index is 0.437. The van der Waals surface area contributed by atoms with E-state index in [0.717, 1.165) is 22.9 Å². The van der Waals surface area contributed by atoms with E-state index in [1.54, 1.807) is 7.11 Å². The Morgan fingerprint density at radius 2 is 1.90 bits per heavy atom. The molecule has 0 aliphatic rings. The highest BCUT2D eigenvalue weighted by atomic mass is 32.2. The highest BCUT2D eigenvalue weighted by Gasteiger charge is 2.32. The summed E-state index contributed by atoms with van der Waals surface area (Å²) in [6.07, 6.45) is -4.46. The van der Waals surface area contributed by atoms with Crippen LogP contribution >= 0.6 is 11.8 Å². The maximum atomic E-state index is 12.4. The van der Waals surface area contributed by atoms with Crippen LogP contribution in [0.5, 0.6) is 5.75 Å². The largest absolute Gasteiger partial charge is 0.496 e. The Balaban J connectivity index is 2.08. The topological polar surface area (TPSA) is 35.0 Å². The Morgan fingerprint density at radius 1 is 1.14 bits per heavy atom. The van der Waals surface area contributed by atoms with Crippen molar-refractivity contribution in [2.75, 3.05) is 7.11 Å². The molecule has 0 fully saturated rings. The second kappa shape index (κ2) is 6.34. The Hall–Kier alpha value is -1.76. The lowest BCUT2D eigenvalue weighted by molar-refractivity contribution is -0.141. The highest BCUT2D eigenvalue weighted by Crippen LogP contribution is 2.30. The number of aromatic nitrogens is 2. The van der Waals surface area contributed by atoms with E-state index in [1.807, 2.05) is 25.1 Å². The van der Waals surface area contributed by atoms with E-state index < -0.39 is 11.9 Å². The molecular weight excluding hydrogens is 301 g/mol. The second-order valence-electron chi connectivity index (χ2n) is 4.36. The summed E-state index contributed by atoms with van der Waals surface area (Å²) >= 11 is 1.31. The molecule has 3 nitrogen and oxygen atoms in total. The molecule has 0 unspecified atom stereocenters. The zero-order chi connectivity index (χ0) is 15.5. The smallest absolute Gasteiger partial charge is 0.435 e. The van der Waals surface area contributed by atoms with Gasteiger partial charge in [0.1, 0.15) is 10.8 Å². The molecular formula is C14H13F3N2OS. The van der Waals surface area contributed by atoms with Crippen LogP contribution in [0, 0.1) is 6.92 Å². The van der Waals surface area contributed by atoms with Gasteiger partial charge in [0.25, 0.3) is 0 Å². The number of halogens is 3. The van der Waals surface area contributed by atoms with E-state index in [-0.39, 0.29) is 0 Å². The fourth-order valence-corrected chi connectivity index (χ4v) is 2.51. The van der Waals surface area contributed by atoms with E-state index in [4.69, 9.17) is 4.74 Å². The van der Waals surface area contributed by atoms with Gasteiger partial charge in [-0.2, -0.15) is 13.2 Å². The van der Waals surface area contributed by atoms with Crippen molar-refractivity contribution in [2.24, 2.45) is 0 Å². The van der Waals surface area contributed by atoms with Crippen LogP contribution in [0.25, 0.3) is 0 Å². The molecule has 0 aliphatic heterocycles. The van der Waals surface area contributed by atoms with Crippen molar-refractivity contribution in [3.63, 3.8) is 0 Å². The van der Waals surface area contributed by atoms with Crippen LogP contribution in [0.15, 0.2) is 35.4 Å². The van der Waals surface area contributed by atoms with Crippen molar-refractivity contribution in [1.29, 1.82) is 0 Å². The van der Waals surface area contributed by atoms with E-state index >= 15 is 0 Å². The summed E-state index contributed by atoms with van der Waals surface area (Å²) in [5, 5.41) is 7.22. The van der Waals surface area contributed by atoms with Crippen molar-refractivity contribution < 1.29 is 17.9 Å². The van der Waals surface area contributed by atoms with E-state index in [2.05, 4.69) is 10.2 Å². The Labute approximate surface area is 124 Å². The lowest BCUT2D eigenvalue weighted by Gasteiger charge is -2.09. The normalized spacial score (nSPS) is 11.5. The first-order valence-electron chi connectivity index (χ1n) is 6.07. The first kappa shape index (κ1) is 15.6. The summed E-state index contributed by atoms with van der Waals surface area (Å²) in [6, 6.07) is 8.03. The van der Waals surface area contributed by atoms with Crippen molar-refractivity contribution >= 4 is 11.8 Å². The molecule has 1 aromatic carbocycles. The van der Waals surface area contributed by atoms with Gasteiger partial charge in [-0.05, 0) is 25.1 Å². The molecule has 0 amide bonds. The number of nitrogens with zero attached hydrogens (tertiary/aromatic N) is 2. The van der Waals surface area contributed by atoms with Gasteiger partial charge in [-0.25, -0.2) is 0 Å². The van der Waals surface area contributed by atoms with Gasteiger partial charge >= 0.3 is 6.18 Å². The highest BCUT2D eigenvalue weighted by molar-refractivity contribution is 7.98. The summed E-state index contributed by atoms with van der Waals surface area (Å²) in [5.41, 5.74) is 1.06. The van der Waals surface area contributed by atoms with Gasteiger partial charge in [0.15, 0.2) is 5.69 Å². The third-order valence-electron chi connectivity index (χ3n) is 2.74. The number of rotatable bonds is 4. The fourth-order valence-electron chi connectivity index (χ4n) is 1.72. The number of hydrogen-bond donors (Lipinski definition) is 0. The van der Waals surface area contributed by atoms with Crippen molar-refractivity contribution in [1.82, 2.24) is 10.2 Å². The van der Waals surface area contributed by atoms with Crippen LogP contribution in [0.1, 0.15) is 16.8 Å². The number of thioether (sulfide) groups is 1. The second-order valence-corrected chi connectivity index (χ2v) is 5.35. The molecule has 21 heavy (non-hydrogen) atoms. The number of alkyl halides is 3. The molecule has 0 N–H and O–H groups in total. The van der Waals surface area contributed by atoms with Gasteiger partial charge in [-0.3, -0.25) is 0 Å². The number of benzene rings is 1. The number of hydrogen-bond acceptors (Lipinski definition) is 4. The van der Waals surface area contributed by atoms with Crippen molar-refractivity contribution in [3.05, 3.63) is 47.2 Å². The minimum Gasteiger partial charge on any atom is -0.496 e. The molecule has 2 aromatic rings. The summed E-state index contributed by atoms with van der Waals surface area (Å²) in [6.45, 7) is 1.96. The van der Waals surface area contributed by atoms with Crippen LogP contribution in [0.3, 0.4) is 0 Å². The Kier molecular flexibility index (Phi) is 4.72. The molecule has 0 radical (unpaired) electrons. The van der Waals surface area contributed by atoms with Crippen LogP contribution in [-0.4, -0.2) is 17.3 Å². The van der Waals surface area contributed by atoms with E-state index in [1.165, 1.54) is 17.8 Å². The zero-order valence-corrected chi connectivity index (χ0v) is 12.3. The predicted molar refractivity (Wildman–Crippen MR) is 74.3 cm³/mol. The molecule has 0 saturated heterocycles. The van der Waals surface area contributed by atoms with Gasteiger partial charge in [0.05, 0.1) is 7.11 Å². The lowest BCUT2D eigenvalue weighted by atomic mass is 10.1. The Bertz CT molecular complexity index is 615. The molecule has 2 rings (SSSR count). The maximum absolute atomic E-state index is 12.4. The molecule has 0 saturated carbocycles. The van der Waals surface area contributed by atoms with Gasteiger partial charge in [-0.15, -0.1) is 10.2 Å². The predicted octanol–water partition coefficient (Wildman–Crippen LogP) is 4.10. The van der Waals surface area contributed by atoms with E-state index in [0.29, 0.717) is 10.8 Å². The van der Waals surface area contributed by atoms with Crippen LogP contribution < -0.4 is 4.74 Å². The van der Waals surface area contributed by atoms with Gasteiger partial charge in [0.2, 0.25) is 0 Å². The summed E-state index contributed by atoms with van der Waals surface area (Å²) in [4.78, 5) is 0. The average Bonchev–Trinajstić information content (AvgIpc) is 2.45. The first-order valence-corrected chi connectivity index (χ1v) is 7.06. The van der Waals surface area contributed by atoms with E-state index in [9.17, 15) is 13.2 Å². The molecule has 0 atom stereocenters. The lowest BCUT2D eigenvalue weighted by Crippen LogP contribution is -2.08. The molecule has 0 spiro atoms. The van der Waals surface area contributed by atoms with Crippen LogP contribution in [-0.2, 0) is 11.9 Å². The molecule has 1 heterocycles. The monoisotopic (exact) mass is 314 g/mol. The Morgan fingerprint density at radius 3 is 2.48 bits per heavy atom. The third-order valence-corrected chi connectivity index (χ3v) is 3.71. The van der Waals surface area contributed by atoms with Gasteiger partial charge in [0, 0.05) is 11.3 Å². The molecule has 0 bridgehead atoms.